The lowest BCUT2D eigenvalue weighted by atomic mass is 9.89. The number of ketones is 1. The van der Waals surface area contributed by atoms with Crippen molar-refractivity contribution >= 4 is 23.1 Å². The molecule has 6 nitrogen and oxygen atoms in total. The molecule has 6 heteroatoms. The Balaban J connectivity index is 1.91. The molecular weight excluding hydrogens is 452 g/mol. The number of amides is 1. The Morgan fingerprint density at radius 3 is 2.25 bits per heavy atom. The molecule has 2 aromatic rings. The van der Waals surface area contributed by atoms with Gasteiger partial charge in [0.2, 0.25) is 0 Å². The van der Waals surface area contributed by atoms with E-state index in [4.69, 9.17) is 4.74 Å². The minimum Gasteiger partial charge on any atom is -0.507 e. The molecule has 1 saturated carbocycles. The van der Waals surface area contributed by atoms with Crippen LogP contribution in [0, 0.1) is 6.92 Å². The van der Waals surface area contributed by atoms with Crippen molar-refractivity contribution in [1.29, 1.82) is 0 Å². The molecule has 2 aliphatic rings. The van der Waals surface area contributed by atoms with Gasteiger partial charge in [-0.1, -0.05) is 45.2 Å². The van der Waals surface area contributed by atoms with Crippen molar-refractivity contribution in [3.05, 3.63) is 64.2 Å². The van der Waals surface area contributed by atoms with Crippen LogP contribution in [0.1, 0.15) is 80.2 Å². The summed E-state index contributed by atoms with van der Waals surface area (Å²) in [6, 6.07) is 11.1. The number of Topliss-reactive ketones (excluding diaryl/α,β-unsaturated/α-hetero) is 1. The number of aryl methyl sites for hydroxylation is 1. The van der Waals surface area contributed by atoms with Crippen molar-refractivity contribution in [2.24, 2.45) is 0 Å². The number of carbonyl (C=O) groups is 2. The molecule has 36 heavy (non-hydrogen) atoms. The van der Waals surface area contributed by atoms with Gasteiger partial charge in [-0.05, 0) is 66.6 Å². The Kier molecular flexibility index (Phi) is 7.43. The normalized spacial score (nSPS) is 20.3. The molecule has 2 fully saturated rings. The second kappa shape index (κ2) is 10.4. The standard InChI is InChI=1S/C30H38N2O4/c1-18(2)23-17-24(19(3)16-25(23)36-6)28(33)26-27(20-12-14-21(15-13-20)31(4)5)32(30(35)29(26)34)22-10-8-7-9-11-22/h12-18,22,27,33H,7-11H2,1-6H3/b28-26+. The molecule has 0 spiro atoms. The molecule has 1 aliphatic carbocycles. The van der Waals surface area contributed by atoms with Crippen LogP contribution < -0.4 is 9.64 Å². The molecule has 1 N–H and O–H groups in total. The highest BCUT2D eigenvalue weighted by Gasteiger charge is 2.49. The van der Waals surface area contributed by atoms with Gasteiger partial charge in [0.05, 0.1) is 18.7 Å². The zero-order valence-electron chi connectivity index (χ0n) is 22.3. The van der Waals surface area contributed by atoms with E-state index in [9.17, 15) is 14.7 Å². The molecule has 2 aromatic carbocycles. The van der Waals surface area contributed by atoms with Crippen LogP contribution in [0.15, 0.2) is 42.0 Å². The van der Waals surface area contributed by atoms with E-state index in [0.717, 1.165) is 60.2 Å². The first-order valence-corrected chi connectivity index (χ1v) is 12.9. The van der Waals surface area contributed by atoms with Crippen molar-refractivity contribution in [2.45, 2.75) is 70.9 Å². The summed E-state index contributed by atoms with van der Waals surface area (Å²) in [6.45, 7) is 6.01. The summed E-state index contributed by atoms with van der Waals surface area (Å²) < 4.78 is 5.57. The lowest BCUT2D eigenvalue weighted by molar-refractivity contribution is -0.141. The third-order valence-electron chi connectivity index (χ3n) is 7.63. The van der Waals surface area contributed by atoms with E-state index in [0.29, 0.717) is 5.56 Å². The molecule has 1 saturated heterocycles. The predicted molar refractivity (Wildman–Crippen MR) is 144 cm³/mol. The molecule has 0 aromatic heterocycles. The van der Waals surface area contributed by atoms with Crippen molar-refractivity contribution < 1.29 is 19.4 Å². The fourth-order valence-electron chi connectivity index (χ4n) is 5.59. The van der Waals surface area contributed by atoms with Gasteiger partial charge in [-0.25, -0.2) is 0 Å². The number of aliphatic hydroxyl groups excluding tert-OH is 1. The number of methoxy groups -OCH3 is 1. The van der Waals surface area contributed by atoms with Crippen LogP contribution in [0.2, 0.25) is 0 Å². The number of nitrogens with zero attached hydrogens (tertiary/aromatic N) is 2. The molecule has 1 atom stereocenters. The number of anilines is 1. The van der Waals surface area contributed by atoms with Crippen LogP contribution in [0.5, 0.6) is 5.75 Å². The summed E-state index contributed by atoms with van der Waals surface area (Å²) in [5.41, 5.74) is 4.34. The number of likely N-dealkylation sites (tertiary alicyclic amines) is 1. The number of ether oxygens (including phenoxy) is 1. The Hall–Kier alpha value is -3.28. The maximum absolute atomic E-state index is 13.5. The van der Waals surface area contributed by atoms with Gasteiger partial charge < -0.3 is 19.6 Å². The van der Waals surface area contributed by atoms with E-state index in [1.165, 1.54) is 0 Å². The Morgan fingerprint density at radius 1 is 1.06 bits per heavy atom. The average Bonchev–Trinajstić information content (AvgIpc) is 3.14. The third kappa shape index (κ3) is 4.61. The molecular formula is C30H38N2O4. The molecule has 192 valence electrons. The van der Waals surface area contributed by atoms with E-state index in [2.05, 4.69) is 13.8 Å². The molecule has 1 aliphatic heterocycles. The highest BCUT2D eigenvalue weighted by atomic mass is 16.5. The van der Waals surface area contributed by atoms with Crippen LogP contribution in [-0.4, -0.2) is 48.9 Å². The lowest BCUT2D eigenvalue weighted by Gasteiger charge is -2.35. The van der Waals surface area contributed by atoms with Crippen LogP contribution in [0.3, 0.4) is 0 Å². The monoisotopic (exact) mass is 490 g/mol. The Morgan fingerprint density at radius 2 is 1.69 bits per heavy atom. The summed E-state index contributed by atoms with van der Waals surface area (Å²) in [7, 11) is 5.58. The highest BCUT2D eigenvalue weighted by Crippen LogP contribution is 2.44. The Labute approximate surface area is 214 Å². The number of rotatable bonds is 6. The second-order valence-corrected chi connectivity index (χ2v) is 10.5. The first kappa shape index (κ1) is 25.8. The molecule has 0 radical (unpaired) electrons. The van der Waals surface area contributed by atoms with Crippen molar-refractivity contribution in [3.8, 4) is 5.75 Å². The first-order valence-electron chi connectivity index (χ1n) is 12.9. The average molecular weight is 491 g/mol. The van der Waals surface area contributed by atoms with Crippen molar-refractivity contribution in [2.75, 3.05) is 26.1 Å². The molecule has 1 amide bonds. The maximum Gasteiger partial charge on any atom is 0.295 e. The quantitative estimate of drug-likeness (QED) is 0.308. The molecule has 1 heterocycles. The minimum atomic E-state index is -0.617. The minimum absolute atomic E-state index is 0.0118. The van der Waals surface area contributed by atoms with Gasteiger partial charge >= 0.3 is 0 Å². The van der Waals surface area contributed by atoms with Gasteiger partial charge in [0.15, 0.2) is 0 Å². The van der Waals surface area contributed by atoms with Crippen molar-refractivity contribution in [1.82, 2.24) is 4.90 Å². The van der Waals surface area contributed by atoms with Crippen LogP contribution in [-0.2, 0) is 9.59 Å². The summed E-state index contributed by atoms with van der Waals surface area (Å²) in [6.07, 6.45) is 4.97. The zero-order chi connectivity index (χ0) is 26.1. The molecule has 4 rings (SSSR count). The van der Waals surface area contributed by atoms with Crippen molar-refractivity contribution in [3.63, 3.8) is 0 Å². The number of carbonyl (C=O) groups excluding carboxylic acids is 2. The summed E-state index contributed by atoms with van der Waals surface area (Å²) >= 11 is 0. The lowest BCUT2D eigenvalue weighted by Crippen LogP contribution is -2.40. The Bertz CT molecular complexity index is 1170. The number of benzene rings is 2. The van der Waals surface area contributed by atoms with E-state index in [1.807, 2.05) is 62.3 Å². The van der Waals surface area contributed by atoms with Gasteiger partial charge in [-0.15, -0.1) is 0 Å². The van der Waals surface area contributed by atoms with Gasteiger partial charge in [0, 0.05) is 31.4 Å². The van der Waals surface area contributed by atoms with Gasteiger partial charge in [-0.2, -0.15) is 0 Å². The summed E-state index contributed by atoms with van der Waals surface area (Å²) in [5.74, 6) is -0.333. The SMILES string of the molecule is COc1cc(C)c(/C(O)=C2\C(=O)C(=O)N(C3CCCCC3)C2c2ccc(N(C)C)cc2)cc1C(C)C. The largest absolute Gasteiger partial charge is 0.507 e. The van der Waals surface area contributed by atoms with E-state index >= 15 is 0 Å². The maximum atomic E-state index is 13.5. The zero-order valence-corrected chi connectivity index (χ0v) is 22.3. The molecule has 0 bridgehead atoms. The fourth-order valence-corrected chi connectivity index (χ4v) is 5.59. The smallest absolute Gasteiger partial charge is 0.295 e. The highest BCUT2D eigenvalue weighted by molar-refractivity contribution is 6.46. The second-order valence-electron chi connectivity index (χ2n) is 10.5. The van der Waals surface area contributed by atoms with Crippen LogP contribution in [0.4, 0.5) is 5.69 Å². The number of hydrogen-bond acceptors (Lipinski definition) is 5. The van der Waals surface area contributed by atoms with E-state index in [-0.39, 0.29) is 23.3 Å². The third-order valence-corrected chi connectivity index (χ3v) is 7.63. The van der Waals surface area contributed by atoms with Gasteiger partial charge in [0.1, 0.15) is 11.5 Å². The number of aliphatic hydroxyl groups is 1. The first-order chi connectivity index (χ1) is 17.1. The van der Waals surface area contributed by atoms with E-state index in [1.54, 1.807) is 12.0 Å². The topological polar surface area (TPSA) is 70.1 Å². The van der Waals surface area contributed by atoms with E-state index < -0.39 is 17.7 Å². The fraction of sp³-hybridized carbons (Fsp3) is 0.467. The number of hydrogen-bond donors (Lipinski definition) is 1. The van der Waals surface area contributed by atoms with Gasteiger partial charge in [-0.3, -0.25) is 9.59 Å². The predicted octanol–water partition coefficient (Wildman–Crippen LogP) is 5.95. The van der Waals surface area contributed by atoms with Gasteiger partial charge in [0.25, 0.3) is 11.7 Å². The summed E-state index contributed by atoms with van der Waals surface area (Å²) in [4.78, 5) is 30.8. The van der Waals surface area contributed by atoms with Crippen LogP contribution >= 0.6 is 0 Å². The van der Waals surface area contributed by atoms with Crippen LogP contribution in [0.25, 0.3) is 5.76 Å². The summed E-state index contributed by atoms with van der Waals surface area (Å²) in [5, 5.41) is 11.7. The molecule has 1 unspecified atom stereocenters.